The first-order valence-electron chi connectivity index (χ1n) is 4.68. The lowest BCUT2D eigenvalue weighted by molar-refractivity contribution is 0.155. The molecular formula is C10H20F. The highest BCUT2D eigenvalue weighted by atomic mass is 19.1. The van der Waals surface area contributed by atoms with Gasteiger partial charge in [-0.3, -0.25) is 0 Å². The number of rotatable bonds is 5. The summed E-state index contributed by atoms with van der Waals surface area (Å²) in [7, 11) is 0. The Bertz CT molecular complexity index is 91.0. The van der Waals surface area contributed by atoms with Crippen molar-refractivity contribution in [1.29, 1.82) is 0 Å². The van der Waals surface area contributed by atoms with Crippen LogP contribution in [0.15, 0.2) is 0 Å². The van der Waals surface area contributed by atoms with Gasteiger partial charge in [-0.2, -0.15) is 0 Å². The molecule has 0 aliphatic rings. The van der Waals surface area contributed by atoms with Gasteiger partial charge in [0.05, 0.1) is 0 Å². The Hall–Kier alpha value is -0.0700. The van der Waals surface area contributed by atoms with Crippen LogP contribution in [0.5, 0.6) is 0 Å². The zero-order valence-electron chi connectivity index (χ0n) is 8.21. The highest BCUT2D eigenvalue weighted by molar-refractivity contribution is 5.05. The van der Waals surface area contributed by atoms with Gasteiger partial charge in [0.2, 0.25) is 0 Å². The van der Waals surface area contributed by atoms with Crippen LogP contribution < -0.4 is 0 Å². The second kappa shape index (κ2) is 4.74. The Morgan fingerprint density at radius 1 is 1.00 bits per heavy atom. The molecule has 0 saturated heterocycles. The van der Waals surface area contributed by atoms with E-state index in [4.69, 9.17) is 0 Å². The Morgan fingerprint density at radius 2 is 1.36 bits per heavy atom. The van der Waals surface area contributed by atoms with Crippen LogP contribution in [0.25, 0.3) is 0 Å². The zero-order chi connectivity index (χ0) is 8.91. The van der Waals surface area contributed by atoms with E-state index < -0.39 is 5.67 Å². The lowest BCUT2D eigenvalue weighted by Crippen LogP contribution is -2.29. The van der Waals surface area contributed by atoms with E-state index in [0.717, 1.165) is 18.8 Å². The molecule has 0 N–H and O–H groups in total. The molecule has 0 heterocycles. The molecule has 0 aromatic heterocycles. The van der Waals surface area contributed by atoms with Crippen LogP contribution in [0.3, 0.4) is 0 Å². The summed E-state index contributed by atoms with van der Waals surface area (Å²) in [6.45, 7) is 7.93. The van der Waals surface area contributed by atoms with Gasteiger partial charge in [-0.1, -0.05) is 27.7 Å². The van der Waals surface area contributed by atoms with Crippen molar-refractivity contribution in [2.75, 3.05) is 0 Å². The number of hydrogen-bond acceptors (Lipinski definition) is 0. The molecule has 0 unspecified atom stereocenters. The quantitative estimate of drug-likeness (QED) is 0.570. The first-order chi connectivity index (χ1) is 5.14. The van der Waals surface area contributed by atoms with Crippen LogP contribution in [-0.4, -0.2) is 5.67 Å². The first-order valence-corrected chi connectivity index (χ1v) is 4.68. The summed E-state index contributed by atoms with van der Waals surface area (Å²) < 4.78 is 13.9. The summed E-state index contributed by atoms with van der Waals surface area (Å²) >= 11 is 0. The second-order valence-electron chi connectivity index (χ2n) is 2.98. The zero-order valence-corrected chi connectivity index (χ0v) is 8.21. The average Bonchev–Trinajstić information content (AvgIpc) is 2.06. The number of hydrogen-bond donors (Lipinski definition) is 0. The molecule has 0 nitrogen and oxygen atoms in total. The van der Waals surface area contributed by atoms with Gasteiger partial charge in [0.15, 0.2) is 0 Å². The molecule has 0 amide bonds. The van der Waals surface area contributed by atoms with Crippen molar-refractivity contribution in [2.24, 2.45) is 0 Å². The van der Waals surface area contributed by atoms with Gasteiger partial charge in [-0.05, 0) is 25.7 Å². The maximum atomic E-state index is 13.9. The third-order valence-corrected chi connectivity index (χ3v) is 2.61. The minimum Gasteiger partial charge on any atom is -0.243 e. The van der Waals surface area contributed by atoms with Crippen molar-refractivity contribution in [3.05, 3.63) is 5.92 Å². The van der Waals surface area contributed by atoms with Gasteiger partial charge in [-0.15, -0.1) is 0 Å². The van der Waals surface area contributed by atoms with Crippen molar-refractivity contribution in [2.45, 2.75) is 59.0 Å². The molecule has 0 fully saturated rings. The molecule has 0 spiro atoms. The molecule has 67 valence electrons. The van der Waals surface area contributed by atoms with Crippen molar-refractivity contribution in [3.8, 4) is 0 Å². The Morgan fingerprint density at radius 3 is 1.45 bits per heavy atom. The molecular weight excluding hydrogens is 139 g/mol. The molecule has 11 heavy (non-hydrogen) atoms. The normalized spacial score (nSPS) is 12.5. The third-order valence-electron chi connectivity index (χ3n) is 2.61. The molecule has 1 radical (unpaired) electrons. The van der Waals surface area contributed by atoms with Gasteiger partial charge >= 0.3 is 0 Å². The summed E-state index contributed by atoms with van der Waals surface area (Å²) in [5, 5.41) is 0. The van der Waals surface area contributed by atoms with E-state index in [-0.39, 0.29) is 0 Å². The molecule has 0 aliphatic carbocycles. The largest absolute Gasteiger partial charge is 0.243 e. The Balaban J connectivity index is 4.19. The predicted molar refractivity (Wildman–Crippen MR) is 48.2 cm³/mol. The van der Waals surface area contributed by atoms with E-state index in [1.807, 2.05) is 27.7 Å². The smallest absolute Gasteiger partial charge is 0.116 e. The summed E-state index contributed by atoms with van der Waals surface area (Å²) in [5.74, 6) is 1.07. The van der Waals surface area contributed by atoms with Gasteiger partial charge in [0, 0.05) is 5.92 Å². The van der Waals surface area contributed by atoms with Crippen LogP contribution in [0.1, 0.15) is 53.4 Å². The van der Waals surface area contributed by atoms with Gasteiger partial charge in [-0.25, -0.2) is 4.39 Å². The molecule has 0 aromatic rings. The summed E-state index contributed by atoms with van der Waals surface area (Å²) in [6.07, 6.45) is 3.02. The van der Waals surface area contributed by atoms with Crippen molar-refractivity contribution >= 4 is 0 Å². The van der Waals surface area contributed by atoms with E-state index in [2.05, 4.69) is 0 Å². The summed E-state index contributed by atoms with van der Waals surface area (Å²) in [6, 6.07) is 0. The fourth-order valence-corrected chi connectivity index (χ4v) is 1.63. The Kier molecular flexibility index (Phi) is 4.71. The third kappa shape index (κ3) is 2.46. The number of halogens is 1. The van der Waals surface area contributed by atoms with Gasteiger partial charge in [0.1, 0.15) is 5.67 Å². The van der Waals surface area contributed by atoms with E-state index in [0.29, 0.717) is 12.8 Å². The van der Waals surface area contributed by atoms with Crippen molar-refractivity contribution in [1.82, 2.24) is 0 Å². The molecule has 0 rings (SSSR count). The monoisotopic (exact) mass is 159 g/mol. The fraction of sp³-hybridized carbons (Fsp3) is 0.900. The van der Waals surface area contributed by atoms with E-state index in [9.17, 15) is 4.39 Å². The Labute approximate surface area is 70.2 Å². The first kappa shape index (κ1) is 10.9. The van der Waals surface area contributed by atoms with Crippen LogP contribution >= 0.6 is 0 Å². The lowest BCUT2D eigenvalue weighted by Gasteiger charge is -2.30. The van der Waals surface area contributed by atoms with Crippen molar-refractivity contribution < 1.29 is 4.39 Å². The average molecular weight is 159 g/mol. The molecule has 0 bridgehead atoms. The molecule has 0 aliphatic heterocycles. The molecule has 0 atom stereocenters. The van der Waals surface area contributed by atoms with Crippen LogP contribution in [0.2, 0.25) is 0 Å². The van der Waals surface area contributed by atoms with E-state index in [1.165, 1.54) is 0 Å². The minimum absolute atomic E-state index is 0.626. The standard InChI is InChI=1S/C10H20F/c1-5-9(6-2)10(11,7-3)8-4/h5-8H2,1-4H3. The van der Waals surface area contributed by atoms with Gasteiger partial charge < -0.3 is 0 Å². The SMILES string of the molecule is CC[C](CC)C(F)(CC)CC. The highest BCUT2D eigenvalue weighted by Gasteiger charge is 2.33. The van der Waals surface area contributed by atoms with Crippen LogP contribution in [-0.2, 0) is 0 Å². The summed E-state index contributed by atoms with van der Waals surface area (Å²) in [5.41, 5.74) is -0.983. The van der Waals surface area contributed by atoms with Crippen LogP contribution in [0, 0.1) is 5.92 Å². The number of alkyl halides is 1. The summed E-state index contributed by atoms with van der Waals surface area (Å²) in [4.78, 5) is 0. The van der Waals surface area contributed by atoms with Crippen molar-refractivity contribution in [3.63, 3.8) is 0 Å². The lowest BCUT2D eigenvalue weighted by atomic mass is 9.81. The second-order valence-corrected chi connectivity index (χ2v) is 2.98. The van der Waals surface area contributed by atoms with Crippen LogP contribution in [0.4, 0.5) is 4.39 Å². The fourth-order valence-electron chi connectivity index (χ4n) is 1.63. The van der Waals surface area contributed by atoms with E-state index >= 15 is 0 Å². The molecule has 1 heteroatoms. The van der Waals surface area contributed by atoms with Gasteiger partial charge in [0.25, 0.3) is 0 Å². The predicted octanol–water partition coefficient (Wildman–Crippen LogP) is 3.91. The molecule has 0 aromatic carbocycles. The topological polar surface area (TPSA) is 0 Å². The van der Waals surface area contributed by atoms with E-state index in [1.54, 1.807) is 0 Å². The maximum Gasteiger partial charge on any atom is 0.116 e. The molecule has 0 saturated carbocycles. The minimum atomic E-state index is -0.983. The highest BCUT2D eigenvalue weighted by Crippen LogP contribution is 2.35. The maximum absolute atomic E-state index is 13.9.